The number of hydrogen-bond donors (Lipinski definition) is 1. The Morgan fingerprint density at radius 1 is 0.974 bits per heavy atom. The van der Waals surface area contributed by atoms with Crippen LogP contribution in [0.4, 0.5) is 24.5 Å². The Hall–Kier alpha value is -4.46. The molecule has 1 aliphatic rings. The number of aryl methyl sites for hydroxylation is 1. The summed E-state index contributed by atoms with van der Waals surface area (Å²) in [5, 5.41) is 2.91. The first-order valence-electron chi connectivity index (χ1n) is 12.1. The monoisotopic (exact) mass is 515 g/mol. The van der Waals surface area contributed by atoms with Crippen molar-refractivity contribution in [3.05, 3.63) is 113 Å². The normalized spacial score (nSPS) is 12.8. The van der Waals surface area contributed by atoms with Gasteiger partial charge in [0.15, 0.2) is 0 Å². The quantitative estimate of drug-likeness (QED) is 0.332. The van der Waals surface area contributed by atoms with Crippen LogP contribution in [0.1, 0.15) is 32.7 Å². The number of halogens is 3. The number of amides is 2. The van der Waals surface area contributed by atoms with Crippen LogP contribution in [-0.4, -0.2) is 23.3 Å². The highest BCUT2D eigenvalue weighted by Gasteiger charge is 2.30. The van der Waals surface area contributed by atoms with E-state index in [-0.39, 0.29) is 18.2 Å². The number of alkyl halides is 3. The molecule has 0 unspecified atom stereocenters. The number of carbonyl (C=O) groups is 2. The van der Waals surface area contributed by atoms with E-state index in [1.54, 1.807) is 35.4 Å². The van der Waals surface area contributed by atoms with E-state index in [2.05, 4.69) is 10.3 Å². The zero-order valence-corrected chi connectivity index (χ0v) is 20.5. The topological polar surface area (TPSA) is 62.3 Å². The van der Waals surface area contributed by atoms with Crippen LogP contribution >= 0.6 is 0 Å². The van der Waals surface area contributed by atoms with Gasteiger partial charge < -0.3 is 10.2 Å². The van der Waals surface area contributed by atoms with Crippen molar-refractivity contribution in [2.75, 3.05) is 16.8 Å². The summed E-state index contributed by atoms with van der Waals surface area (Å²) < 4.78 is 39.0. The van der Waals surface area contributed by atoms with Crippen LogP contribution in [0.25, 0.3) is 11.1 Å². The van der Waals surface area contributed by atoms with Gasteiger partial charge in [-0.1, -0.05) is 35.9 Å². The number of carbonyl (C=O) groups excluding carboxylic acids is 2. The number of nitrogens with one attached hydrogen (secondary N) is 1. The Bertz CT molecular complexity index is 1500. The van der Waals surface area contributed by atoms with Gasteiger partial charge in [-0.05, 0) is 78.6 Å². The molecule has 2 heterocycles. The Morgan fingerprint density at radius 2 is 1.76 bits per heavy atom. The first-order chi connectivity index (χ1) is 18.2. The molecule has 1 aliphatic heterocycles. The summed E-state index contributed by atoms with van der Waals surface area (Å²) in [5.74, 6) is -0.412. The van der Waals surface area contributed by atoms with Crippen LogP contribution in [-0.2, 0) is 23.8 Å². The van der Waals surface area contributed by atoms with E-state index in [9.17, 15) is 22.8 Å². The number of anilines is 2. The standard InChI is InChI=1S/C30H24F3N3O2/c1-19-5-11-25(20-6-8-22(9-7-20)30(31,32)33)26(16-19)29(38)35-24-10-12-27-21(17-24)13-15-36(27)28(37)18-23-4-2-3-14-34-23/h2-12,14,16-17H,13,15,18H2,1H3,(H,35,38). The van der Waals surface area contributed by atoms with Crippen molar-refractivity contribution < 1.29 is 22.8 Å². The van der Waals surface area contributed by atoms with E-state index >= 15 is 0 Å². The molecule has 0 aliphatic carbocycles. The molecule has 0 fully saturated rings. The Kier molecular flexibility index (Phi) is 6.72. The summed E-state index contributed by atoms with van der Waals surface area (Å²) >= 11 is 0. The van der Waals surface area contributed by atoms with Crippen molar-refractivity contribution in [1.29, 1.82) is 0 Å². The summed E-state index contributed by atoms with van der Waals surface area (Å²) in [7, 11) is 0. The molecule has 0 bridgehead atoms. The average molecular weight is 516 g/mol. The van der Waals surface area contributed by atoms with Gasteiger partial charge in [0.1, 0.15) is 0 Å². The minimum absolute atomic E-state index is 0.0415. The Labute approximate surface area is 218 Å². The molecular weight excluding hydrogens is 491 g/mol. The lowest BCUT2D eigenvalue weighted by molar-refractivity contribution is -0.137. The Balaban J connectivity index is 1.35. The van der Waals surface area contributed by atoms with E-state index in [0.29, 0.717) is 41.0 Å². The van der Waals surface area contributed by atoms with Gasteiger partial charge in [0.05, 0.1) is 12.0 Å². The molecule has 0 radical (unpaired) electrons. The van der Waals surface area contributed by atoms with E-state index in [4.69, 9.17) is 0 Å². The van der Waals surface area contributed by atoms with Crippen molar-refractivity contribution in [3.63, 3.8) is 0 Å². The maximum atomic E-state index is 13.3. The molecule has 0 spiro atoms. The molecule has 8 heteroatoms. The molecule has 3 aromatic carbocycles. The second-order valence-electron chi connectivity index (χ2n) is 9.21. The van der Waals surface area contributed by atoms with Crippen molar-refractivity contribution in [2.45, 2.75) is 25.9 Å². The number of hydrogen-bond acceptors (Lipinski definition) is 3. The minimum Gasteiger partial charge on any atom is -0.322 e. The lowest BCUT2D eigenvalue weighted by Gasteiger charge is -2.18. The molecule has 1 aromatic heterocycles. The van der Waals surface area contributed by atoms with Crippen LogP contribution in [0, 0.1) is 6.92 Å². The highest BCUT2D eigenvalue weighted by Crippen LogP contribution is 2.34. The summed E-state index contributed by atoms with van der Waals surface area (Å²) in [6.07, 6.45) is -1.90. The van der Waals surface area contributed by atoms with Crippen LogP contribution in [0.3, 0.4) is 0 Å². The number of aromatic nitrogens is 1. The van der Waals surface area contributed by atoms with Crippen molar-refractivity contribution in [1.82, 2.24) is 4.98 Å². The molecule has 2 amide bonds. The summed E-state index contributed by atoms with van der Waals surface area (Å²) in [6.45, 7) is 2.40. The fourth-order valence-electron chi connectivity index (χ4n) is 4.63. The molecule has 38 heavy (non-hydrogen) atoms. The van der Waals surface area contributed by atoms with Crippen molar-refractivity contribution in [3.8, 4) is 11.1 Å². The first-order valence-corrected chi connectivity index (χ1v) is 12.1. The van der Waals surface area contributed by atoms with Gasteiger partial charge in [-0.15, -0.1) is 0 Å². The van der Waals surface area contributed by atoms with E-state index in [0.717, 1.165) is 28.9 Å². The number of benzene rings is 3. The lowest BCUT2D eigenvalue weighted by atomic mass is 9.96. The average Bonchev–Trinajstić information content (AvgIpc) is 3.32. The predicted octanol–water partition coefficient (Wildman–Crippen LogP) is 6.46. The highest BCUT2D eigenvalue weighted by atomic mass is 19.4. The highest BCUT2D eigenvalue weighted by molar-refractivity contribution is 6.09. The zero-order chi connectivity index (χ0) is 26.9. The SMILES string of the molecule is Cc1ccc(-c2ccc(C(F)(F)F)cc2)c(C(=O)Nc2ccc3c(c2)CCN3C(=O)Cc2ccccn2)c1. The number of rotatable bonds is 5. The fourth-order valence-corrected chi connectivity index (χ4v) is 4.63. The fraction of sp³-hybridized carbons (Fsp3) is 0.167. The molecule has 0 saturated heterocycles. The molecular formula is C30H24F3N3O2. The van der Waals surface area contributed by atoms with Crippen LogP contribution < -0.4 is 10.2 Å². The maximum Gasteiger partial charge on any atom is 0.416 e. The zero-order valence-electron chi connectivity index (χ0n) is 20.5. The van der Waals surface area contributed by atoms with Crippen LogP contribution in [0.15, 0.2) is 85.1 Å². The second-order valence-corrected chi connectivity index (χ2v) is 9.21. The molecule has 5 nitrogen and oxygen atoms in total. The number of nitrogens with zero attached hydrogens (tertiary/aromatic N) is 2. The molecule has 0 saturated carbocycles. The molecule has 192 valence electrons. The second kappa shape index (κ2) is 10.1. The van der Waals surface area contributed by atoms with E-state index in [1.165, 1.54) is 12.1 Å². The maximum absolute atomic E-state index is 13.3. The van der Waals surface area contributed by atoms with Gasteiger partial charge in [-0.25, -0.2) is 0 Å². The van der Waals surface area contributed by atoms with Gasteiger partial charge in [0.25, 0.3) is 5.91 Å². The number of fused-ring (bicyclic) bond motifs is 1. The van der Waals surface area contributed by atoms with Crippen molar-refractivity contribution in [2.24, 2.45) is 0 Å². The Morgan fingerprint density at radius 3 is 2.47 bits per heavy atom. The summed E-state index contributed by atoms with van der Waals surface area (Å²) in [4.78, 5) is 32.1. The van der Waals surface area contributed by atoms with Gasteiger partial charge in [0, 0.05) is 35.4 Å². The molecule has 4 aromatic rings. The van der Waals surface area contributed by atoms with Gasteiger partial charge in [-0.2, -0.15) is 13.2 Å². The smallest absolute Gasteiger partial charge is 0.322 e. The van der Waals surface area contributed by atoms with Gasteiger partial charge in [0.2, 0.25) is 5.91 Å². The summed E-state index contributed by atoms with van der Waals surface area (Å²) in [6, 6.07) is 20.9. The third kappa shape index (κ3) is 5.29. The third-order valence-corrected chi connectivity index (χ3v) is 6.54. The third-order valence-electron chi connectivity index (χ3n) is 6.54. The van der Waals surface area contributed by atoms with Gasteiger partial charge in [-0.3, -0.25) is 14.6 Å². The van der Waals surface area contributed by atoms with E-state index < -0.39 is 11.7 Å². The molecule has 1 N–H and O–H groups in total. The minimum atomic E-state index is -4.43. The molecule has 5 rings (SSSR count). The first kappa shape index (κ1) is 25.2. The number of pyridine rings is 1. The van der Waals surface area contributed by atoms with Crippen molar-refractivity contribution >= 4 is 23.2 Å². The van der Waals surface area contributed by atoms with Crippen LogP contribution in [0.2, 0.25) is 0 Å². The van der Waals surface area contributed by atoms with Gasteiger partial charge >= 0.3 is 6.18 Å². The van der Waals surface area contributed by atoms with Crippen LogP contribution in [0.5, 0.6) is 0 Å². The van der Waals surface area contributed by atoms with E-state index in [1.807, 2.05) is 37.3 Å². The largest absolute Gasteiger partial charge is 0.416 e. The predicted molar refractivity (Wildman–Crippen MR) is 140 cm³/mol. The lowest BCUT2D eigenvalue weighted by Crippen LogP contribution is -2.30. The summed E-state index contributed by atoms with van der Waals surface area (Å²) in [5.41, 5.74) is 4.55. The molecule has 0 atom stereocenters.